The molecule has 0 amide bonds. The van der Waals surface area contributed by atoms with Crippen LogP contribution >= 0.6 is 11.8 Å². The van der Waals surface area contributed by atoms with Crippen LogP contribution in [0.15, 0.2) is 24.3 Å². The molecule has 1 fully saturated rings. The highest BCUT2D eigenvalue weighted by Crippen LogP contribution is 2.17. The Morgan fingerprint density at radius 1 is 1.47 bits per heavy atom. The van der Waals surface area contributed by atoms with E-state index in [0.717, 1.165) is 23.8 Å². The zero-order chi connectivity index (χ0) is 13.7. The molecule has 0 aromatic heterocycles. The molecule has 0 radical (unpaired) electrons. The first kappa shape index (κ1) is 14.5. The molecule has 19 heavy (non-hydrogen) atoms. The number of nitrogen functional groups attached to an aromatic ring is 1. The number of aliphatic hydroxyl groups excluding tert-OH is 1. The van der Waals surface area contributed by atoms with Crippen molar-refractivity contribution in [1.82, 2.24) is 4.90 Å². The number of nitrogens with zero attached hydrogens (tertiary/aromatic N) is 1. The van der Waals surface area contributed by atoms with Gasteiger partial charge in [0.15, 0.2) is 0 Å². The molecule has 1 aliphatic heterocycles. The maximum absolute atomic E-state index is 10.0. The molecule has 1 heterocycles. The third-order valence-electron chi connectivity index (χ3n) is 3.27. The molecule has 1 aromatic rings. The Bertz CT molecular complexity index is 386. The molecule has 1 saturated heterocycles. The Morgan fingerprint density at radius 3 is 2.89 bits per heavy atom. The molecule has 0 bridgehead atoms. The minimum absolute atomic E-state index is 0.320. The van der Waals surface area contributed by atoms with Crippen LogP contribution in [0.1, 0.15) is 6.92 Å². The van der Waals surface area contributed by atoms with E-state index < -0.39 is 6.10 Å². The van der Waals surface area contributed by atoms with Gasteiger partial charge in [0.05, 0.1) is 0 Å². The first-order valence-corrected chi connectivity index (χ1v) is 7.79. The molecule has 3 N–H and O–H groups in total. The van der Waals surface area contributed by atoms with Crippen molar-refractivity contribution in [3.8, 4) is 5.75 Å². The Hall–Kier alpha value is -0.910. The summed E-state index contributed by atoms with van der Waals surface area (Å²) in [6, 6.07) is 7.77. The summed E-state index contributed by atoms with van der Waals surface area (Å²) in [6.07, 6.45) is -0.455. The fourth-order valence-electron chi connectivity index (χ4n) is 2.11. The van der Waals surface area contributed by atoms with Crippen molar-refractivity contribution in [3.63, 3.8) is 0 Å². The predicted octanol–water partition coefficient (Wildman–Crippen LogP) is 1.45. The summed E-state index contributed by atoms with van der Waals surface area (Å²) in [7, 11) is 0. The van der Waals surface area contributed by atoms with Gasteiger partial charge in [0.25, 0.3) is 0 Å². The van der Waals surface area contributed by atoms with Crippen molar-refractivity contribution >= 4 is 17.4 Å². The fourth-order valence-corrected chi connectivity index (χ4v) is 3.19. The smallest absolute Gasteiger partial charge is 0.119 e. The van der Waals surface area contributed by atoms with Crippen LogP contribution in [0.5, 0.6) is 5.75 Å². The van der Waals surface area contributed by atoms with Crippen molar-refractivity contribution in [2.45, 2.75) is 19.1 Å². The number of ether oxygens (including phenoxy) is 1. The predicted molar refractivity (Wildman–Crippen MR) is 80.7 cm³/mol. The number of benzene rings is 1. The van der Waals surface area contributed by atoms with Crippen molar-refractivity contribution in [1.29, 1.82) is 0 Å². The van der Waals surface area contributed by atoms with E-state index in [2.05, 4.69) is 11.8 Å². The standard InChI is InChI=1S/C14H22N2O2S/c1-11-10-19-7-6-16(11)8-13(17)9-18-14-4-2-12(15)3-5-14/h2-5,11,13,17H,6-10,15H2,1H3. The Labute approximate surface area is 118 Å². The molecule has 2 rings (SSSR count). The average molecular weight is 282 g/mol. The molecule has 1 aliphatic rings. The van der Waals surface area contributed by atoms with Crippen molar-refractivity contribution in [2.75, 3.05) is 36.9 Å². The van der Waals surface area contributed by atoms with Gasteiger partial charge < -0.3 is 15.6 Å². The number of anilines is 1. The van der Waals surface area contributed by atoms with Gasteiger partial charge in [0.1, 0.15) is 18.5 Å². The summed E-state index contributed by atoms with van der Waals surface area (Å²) in [5.41, 5.74) is 6.32. The summed E-state index contributed by atoms with van der Waals surface area (Å²) >= 11 is 1.98. The van der Waals surface area contributed by atoms with Gasteiger partial charge in [-0.25, -0.2) is 0 Å². The maximum atomic E-state index is 10.0. The number of rotatable bonds is 5. The van der Waals surface area contributed by atoms with Crippen LogP contribution in [0.25, 0.3) is 0 Å². The fraction of sp³-hybridized carbons (Fsp3) is 0.571. The summed E-state index contributed by atoms with van der Waals surface area (Å²) in [5, 5.41) is 10.0. The lowest BCUT2D eigenvalue weighted by atomic mass is 10.2. The number of aliphatic hydroxyl groups is 1. The summed E-state index contributed by atoms with van der Waals surface area (Å²) < 4.78 is 5.56. The Kier molecular flexibility index (Phi) is 5.36. The largest absolute Gasteiger partial charge is 0.491 e. The van der Waals surface area contributed by atoms with Crippen LogP contribution in [0, 0.1) is 0 Å². The van der Waals surface area contributed by atoms with Crippen molar-refractivity contribution in [3.05, 3.63) is 24.3 Å². The van der Waals surface area contributed by atoms with E-state index in [9.17, 15) is 5.11 Å². The van der Waals surface area contributed by atoms with E-state index >= 15 is 0 Å². The van der Waals surface area contributed by atoms with Gasteiger partial charge in [-0.05, 0) is 31.2 Å². The highest BCUT2D eigenvalue weighted by atomic mass is 32.2. The molecular weight excluding hydrogens is 260 g/mol. The minimum atomic E-state index is -0.455. The second kappa shape index (κ2) is 7.03. The van der Waals surface area contributed by atoms with E-state index in [1.165, 1.54) is 0 Å². The van der Waals surface area contributed by atoms with Crippen LogP contribution in [0.4, 0.5) is 5.69 Å². The Balaban J connectivity index is 1.74. The number of thioether (sulfide) groups is 1. The number of nitrogens with two attached hydrogens (primary N) is 1. The van der Waals surface area contributed by atoms with E-state index in [1.807, 2.05) is 23.9 Å². The van der Waals surface area contributed by atoms with E-state index in [1.54, 1.807) is 12.1 Å². The van der Waals surface area contributed by atoms with Crippen molar-refractivity contribution < 1.29 is 9.84 Å². The first-order chi connectivity index (χ1) is 9.15. The van der Waals surface area contributed by atoms with Gasteiger partial charge in [-0.15, -0.1) is 0 Å². The van der Waals surface area contributed by atoms with Crippen LogP contribution in [0.2, 0.25) is 0 Å². The SMILES string of the molecule is CC1CSCCN1CC(O)COc1ccc(N)cc1. The monoisotopic (exact) mass is 282 g/mol. The quantitative estimate of drug-likeness (QED) is 0.801. The molecule has 2 unspecified atom stereocenters. The molecule has 106 valence electrons. The van der Waals surface area contributed by atoms with E-state index in [0.29, 0.717) is 24.9 Å². The number of β-amino-alcohol motifs (C(OH)–C–C–N with tert-alkyl or cyclic N) is 1. The lowest BCUT2D eigenvalue weighted by molar-refractivity contribution is 0.0596. The second-order valence-corrected chi connectivity index (χ2v) is 6.10. The molecule has 2 atom stereocenters. The van der Waals surface area contributed by atoms with Crippen LogP contribution in [0.3, 0.4) is 0 Å². The number of hydrogen-bond acceptors (Lipinski definition) is 5. The third-order valence-corrected chi connectivity index (χ3v) is 4.46. The number of hydrogen-bond donors (Lipinski definition) is 2. The van der Waals surface area contributed by atoms with Gasteiger partial charge in [-0.2, -0.15) is 11.8 Å². The molecule has 0 spiro atoms. The summed E-state index contributed by atoms with van der Waals surface area (Å²) in [4.78, 5) is 2.33. The van der Waals surface area contributed by atoms with Crippen LogP contribution < -0.4 is 10.5 Å². The average Bonchev–Trinajstić information content (AvgIpc) is 2.41. The lowest BCUT2D eigenvalue weighted by Gasteiger charge is -2.34. The van der Waals surface area contributed by atoms with Gasteiger partial charge in [-0.3, -0.25) is 4.90 Å². The second-order valence-electron chi connectivity index (χ2n) is 4.95. The van der Waals surface area contributed by atoms with Gasteiger partial charge >= 0.3 is 0 Å². The third kappa shape index (κ3) is 4.60. The molecule has 5 heteroatoms. The lowest BCUT2D eigenvalue weighted by Crippen LogP contribution is -2.45. The molecule has 0 aliphatic carbocycles. The van der Waals surface area contributed by atoms with Gasteiger partial charge in [0, 0.05) is 36.3 Å². The zero-order valence-corrected chi connectivity index (χ0v) is 12.1. The highest BCUT2D eigenvalue weighted by molar-refractivity contribution is 7.99. The summed E-state index contributed by atoms with van der Waals surface area (Å²) in [5.74, 6) is 3.04. The maximum Gasteiger partial charge on any atom is 0.119 e. The van der Waals surface area contributed by atoms with Gasteiger partial charge in [0.2, 0.25) is 0 Å². The minimum Gasteiger partial charge on any atom is -0.491 e. The zero-order valence-electron chi connectivity index (χ0n) is 11.3. The summed E-state index contributed by atoms with van der Waals surface area (Å²) in [6.45, 7) is 4.25. The van der Waals surface area contributed by atoms with E-state index in [4.69, 9.17) is 10.5 Å². The molecule has 1 aromatic carbocycles. The van der Waals surface area contributed by atoms with Crippen LogP contribution in [-0.2, 0) is 0 Å². The highest BCUT2D eigenvalue weighted by Gasteiger charge is 2.21. The first-order valence-electron chi connectivity index (χ1n) is 6.63. The van der Waals surface area contributed by atoms with Gasteiger partial charge in [-0.1, -0.05) is 0 Å². The molecular formula is C14H22N2O2S. The Morgan fingerprint density at radius 2 is 2.21 bits per heavy atom. The van der Waals surface area contributed by atoms with Crippen LogP contribution in [-0.4, -0.2) is 53.4 Å². The topological polar surface area (TPSA) is 58.7 Å². The molecule has 4 nitrogen and oxygen atoms in total. The van der Waals surface area contributed by atoms with Crippen molar-refractivity contribution in [2.24, 2.45) is 0 Å². The molecule has 0 saturated carbocycles. The van der Waals surface area contributed by atoms with E-state index in [-0.39, 0.29) is 0 Å². The normalized spacial score (nSPS) is 22.1.